The highest BCUT2D eigenvalue weighted by molar-refractivity contribution is 7.89. The van der Waals surface area contributed by atoms with Crippen LogP contribution < -0.4 is 0 Å². The Morgan fingerprint density at radius 3 is 2.57 bits per heavy atom. The van der Waals surface area contributed by atoms with Gasteiger partial charge in [0.2, 0.25) is 10.0 Å². The Kier molecular flexibility index (Phi) is 5.13. The predicted octanol–water partition coefficient (Wildman–Crippen LogP) is 1.94. The summed E-state index contributed by atoms with van der Waals surface area (Å²) in [6.07, 6.45) is 1.61. The van der Waals surface area contributed by atoms with Crippen molar-refractivity contribution in [1.82, 2.24) is 4.31 Å². The molecule has 0 saturated carbocycles. The SMILES string of the molecule is COCC1CCN(S(=O)(=O)c2cccc(C(C)=O)c2)CC1. The maximum atomic E-state index is 12.6. The minimum atomic E-state index is -3.52. The lowest BCUT2D eigenvalue weighted by Gasteiger charge is -2.30. The Balaban J connectivity index is 2.16. The summed E-state index contributed by atoms with van der Waals surface area (Å²) in [4.78, 5) is 11.6. The molecule has 116 valence electrons. The number of ketones is 1. The normalized spacial score (nSPS) is 17.8. The van der Waals surface area contributed by atoms with E-state index < -0.39 is 10.0 Å². The molecule has 21 heavy (non-hydrogen) atoms. The number of ether oxygens (including phenoxy) is 1. The number of nitrogens with zero attached hydrogens (tertiary/aromatic N) is 1. The molecule has 0 spiro atoms. The summed E-state index contributed by atoms with van der Waals surface area (Å²) in [5, 5.41) is 0. The van der Waals surface area contributed by atoms with E-state index in [-0.39, 0.29) is 10.7 Å². The average molecular weight is 311 g/mol. The second kappa shape index (κ2) is 6.68. The van der Waals surface area contributed by atoms with Gasteiger partial charge < -0.3 is 4.74 Å². The van der Waals surface area contributed by atoms with Crippen LogP contribution in [0.1, 0.15) is 30.1 Å². The molecule has 0 radical (unpaired) electrons. The Bertz CT molecular complexity index is 604. The van der Waals surface area contributed by atoms with Crippen LogP contribution in [0.5, 0.6) is 0 Å². The van der Waals surface area contributed by atoms with Crippen molar-refractivity contribution in [3.63, 3.8) is 0 Å². The van der Waals surface area contributed by atoms with Gasteiger partial charge in [-0.05, 0) is 37.8 Å². The molecule has 1 aliphatic rings. The van der Waals surface area contributed by atoms with Gasteiger partial charge in [-0.25, -0.2) is 8.42 Å². The number of hydrogen-bond donors (Lipinski definition) is 0. The molecule has 1 aromatic carbocycles. The van der Waals surface area contributed by atoms with Gasteiger partial charge in [0, 0.05) is 32.4 Å². The monoisotopic (exact) mass is 311 g/mol. The molecule has 0 amide bonds. The van der Waals surface area contributed by atoms with Gasteiger partial charge in [0.15, 0.2) is 5.78 Å². The Morgan fingerprint density at radius 2 is 2.00 bits per heavy atom. The first-order chi connectivity index (χ1) is 9.95. The molecule has 1 saturated heterocycles. The molecular formula is C15H21NO4S. The summed E-state index contributed by atoms with van der Waals surface area (Å²) in [6.45, 7) is 3.11. The third-order valence-corrected chi connectivity index (χ3v) is 5.75. The number of carbonyl (C=O) groups excluding carboxylic acids is 1. The van der Waals surface area contributed by atoms with E-state index >= 15 is 0 Å². The zero-order valence-electron chi connectivity index (χ0n) is 12.4. The molecule has 0 aromatic heterocycles. The Labute approximate surface area is 126 Å². The molecule has 0 bridgehead atoms. The minimum absolute atomic E-state index is 0.133. The fourth-order valence-electron chi connectivity index (χ4n) is 2.58. The lowest BCUT2D eigenvalue weighted by Crippen LogP contribution is -2.39. The number of piperidine rings is 1. The van der Waals surface area contributed by atoms with Crippen molar-refractivity contribution in [3.05, 3.63) is 29.8 Å². The van der Waals surface area contributed by atoms with Crippen molar-refractivity contribution >= 4 is 15.8 Å². The van der Waals surface area contributed by atoms with Gasteiger partial charge in [0.25, 0.3) is 0 Å². The van der Waals surface area contributed by atoms with Gasteiger partial charge in [0.05, 0.1) is 4.90 Å². The van der Waals surface area contributed by atoms with Gasteiger partial charge in [-0.1, -0.05) is 12.1 Å². The van der Waals surface area contributed by atoms with Crippen molar-refractivity contribution in [2.24, 2.45) is 5.92 Å². The van der Waals surface area contributed by atoms with E-state index in [9.17, 15) is 13.2 Å². The van der Waals surface area contributed by atoms with Crippen LogP contribution in [-0.4, -0.2) is 45.3 Å². The van der Waals surface area contributed by atoms with Gasteiger partial charge >= 0.3 is 0 Å². The predicted molar refractivity (Wildman–Crippen MR) is 79.8 cm³/mol. The topological polar surface area (TPSA) is 63.7 Å². The van der Waals surface area contributed by atoms with Crippen molar-refractivity contribution < 1.29 is 17.9 Å². The number of Topliss-reactive ketones (excluding diaryl/α,β-unsaturated/α-hetero) is 1. The molecule has 0 atom stereocenters. The molecule has 0 N–H and O–H groups in total. The largest absolute Gasteiger partial charge is 0.384 e. The molecule has 0 unspecified atom stereocenters. The molecule has 0 aliphatic carbocycles. The number of carbonyl (C=O) groups is 1. The van der Waals surface area contributed by atoms with E-state index in [1.165, 1.54) is 17.3 Å². The molecule has 6 heteroatoms. The van der Waals surface area contributed by atoms with Crippen LogP contribution in [0.2, 0.25) is 0 Å². The summed E-state index contributed by atoms with van der Waals surface area (Å²) in [6, 6.07) is 6.25. The Hall–Kier alpha value is -1.24. The number of methoxy groups -OCH3 is 1. The molecule has 5 nitrogen and oxygen atoms in total. The highest BCUT2D eigenvalue weighted by Gasteiger charge is 2.29. The van der Waals surface area contributed by atoms with Gasteiger partial charge in [-0.2, -0.15) is 4.31 Å². The van der Waals surface area contributed by atoms with Crippen molar-refractivity contribution in [2.75, 3.05) is 26.8 Å². The highest BCUT2D eigenvalue weighted by Crippen LogP contribution is 2.24. The average Bonchev–Trinajstić information content (AvgIpc) is 2.48. The van der Waals surface area contributed by atoms with Crippen LogP contribution in [-0.2, 0) is 14.8 Å². The number of sulfonamides is 1. The number of benzene rings is 1. The standard InChI is InChI=1S/C15H21NO4S/c1-12(17)14-4-3-5-15(10-14)21(18,19)16-8-6-13(7-9-16)11-20-2/h3-5,10,13H,6-9,11H2,1-2H3. The zero-order valence-corrected chi connectivity index (χ0v) is 13.2. The smallest absolute Gasteiger partial charge is 0.243 e. The summed E-state index contributed by atoms with van der Waals surface area (Å²) in [5.41, 5.74) is 0.422. The minimum Gasteiger partial charge on any atom is -0.384 e. The van der Waals surface area contributed by atoms with Crippen LogP contribution >= 0.6 is 0 Å². The molecule has 1 heterocycles. The van der Waals surface area contributed by atoms with E-state index in [1.807, 2.05) is 0 Å². The first-order valence-electron chi connectivity index (χ1n) is 7.05. The van der Waals surface area contributed by atoms with Crippen LogP contribution in [0.15, 0.2) is 29.2 Å². The van der Waals surface area contributed by atoms with Gasteiger partial charge in [-0.15, -0.1) is 0 Å². The van der Waals surface area contributed by atoms with E-state index in [0.29, 0.717) is 31.2 Å². The number of rotatable bonds is 5. The lowest BCUT2D eigenvalue weighted by atomic mass is 9.99. The fraction of sp³-hybridized carbons (Fsp3) is 0.533. The summed E-state index contributed by atoms with van der Waals surface area (Å²) >= 11 is 0. The maximum absolute atomic E-state index is 12.6. The summed E-state index contributed by atoms with van der Waals surface area (Å²) < 4.78 is 31.8. The van der Waals surface area contributed by atoms with Gasteiger partial charge in [-0.3, -0.25) is 4.79 Å². The third kappa shape index (κ3) is 3.70. The van der Waals surface area contributed by atoms with Crippen molar-refractivity contribution in [1.29, 1.82) is 0 Å². The maximum Gasteiger partial charge on any atom is 0.243 e. The van der Waals surface area contributed by atoms with Crippen molar-refractivity contribution in [2.45, 2.75) is 24.7 Å². The molecule has 1 aromatic rings. The highest BCUT2D eigenvalue weighted by atomic mass is 32.2. The first-order valence-corrected chi connectivity index (χ1v) is 8.49. The quantitative estimate of drug-likeness (QED) is 0.780. The summed E-state index contributed by atoms with van der Waals surface area (Å²) in [7, 11) is -1.85. The van der Waals surface area contributed by atoms with E-state index in [4.69, 9.17) is 4.74 Å². The third-order valence-electron chi connectivity index (χ3n) is 3.85. The molecule has 1 aliphatic heterocycles. The van der Waals surface area contributed by atoms with Crippen LogP contribution in [0.3, 0.4) is 0 Å². The molecule has 1 fully saturated rings. The van der Waals surface area contributed by atoms with E-state index in [0.717, 1.165) is 12.8 Å². The second-order valence-corrected chi connectivity index (χ2v) is 7.32. The van der Waals surface area contributed by atoms with Crippen LogP contribution in [0.4, 0.5) is 0 Å². The summed E-state index contributed by atoms with van der Waals surface area (Å²) in [5.74, 6) is 0.288. The second-order valence-electron chi connectivity index (χ2n) is 5.39. The van der Waals surface area contributed by atoms with E-state index in [1.54, 1.807) is 25.3 Å². The first kappa shape index (κ1) is 16.1. The molecule has 2 rings (SSSR count). The van der Waals surface area contributed by atoms with Crippen LogP contribution in [0, 0.1) is 5.92 Å². The van der Waals surface area contributed by atoms with E-state index in [2.05, 4.69) is 0 Å². The lowest BCUT2D eigenvalue weighted by molar-refractivity contribution is 0.101. The molecular weight excluding hydrogens is 290 g/mol. The van der Waals surface area contributed by atoms with Crippen molar-refractivity contribution in [3.8, 4) is 0 Å². The number of hydrogen-bond acceptors (Lipinski definition) is 4. The Morgan fingerprint density at radius 1 is 1.33 bits per heavy atom. The fourth-order valence-corrected chi connectivity index (χ4v) is 4.09. The van der Waals surface area contributed by atoms with Gasteiger partial charge in [0.1, 0.15) is 0 Å². The zero-order chi connectivity index (χ0) is 15.5. The van der Waals surface area contributed by atoms with Crippen LogP contribution in [0.25, 0.3) is 0 Å².